The Morgan fingerprint density at radius 3 is 2.62 bits per heavy atom. The molecule has 4 rings (SSSR count). The lowest BCUT2D eigenvalue weighted by Crippen LogP contribution is -2.46. The first kappa shape index (κ1) is 20.0. The number of aromatic nitrogens is 2. The van der Waals surface area contributed by atoms with Crippen LogP contribution in [0.1, 0.15) is 45.1 Å². The van der Waals surface area contributed by atoms with E-state index in [1.165, 1.54) is 18.4 Å². The van der Waals surface area contributed by atoms with E-state index in [4.69, 9.17) is 9.72 Å². The van der Waals surface area contributed by atoms with Crippen molar-refractivity contribution in [3.8, 4) is 0 Å². The van der Waals surface area contributed by atoms with Crippen LogP contribution in [0, 0.1) is 0 Å². The quantitative estimate of drug-likeness (QED) is 0.859. The smallest absolute Gasteiger partial charge is 0.254 e. The van der Waals surface area contributed by atoms with Crippen molar-refractivity contribution in [2.75, 3.05) is 29.4 Å². The minimum atomic E-state index is -0.0838. The van der Waals surface area contributed by atoms with E-state index >= 15 is 0 Å². The first-order valence-corrected chi connectivity index (χ1v) is 10.9. The lowest BCUT2D eigenvalue weighted by Gasteiger charge is -2.37. The molecule has 1 aromatic heterocycles. The van der Waals surface area contributed by atoms with Gasteiger partial charge in [-0.15, -0.1) is 0 Å². The van der Waals surface area contributed by atoms with Crippen molar-refractivity contribution in [3.63, 3.8) is 0 Å². The topological polar surface area (TPSA) is 61.5 Å². The molecule has 6 nitrogen and oxygen atoms in total. The highest BCUT2D eigenvalue weighted by Crippen LogP contribution is 2.25. The van der Waals surface area contributed by atoms with Gasteiger partial charge in [0.05, 0.1) is 12.2 Å². The van der Waals surface area contributed by atoms with Gasteiger partial charge in [-0.25, -0.2) is 0 Å². The Hall–Kier alpha value is -2.34. The van der Waals surface area contributed by atoms with Crippen LogP contribution in [0.15, 0.2) is 41.2 Å². The van der Waals surface area contributed by atoms with Crippen LogP contribution in [-0.2, 0) is 11.2 Å². The number of hydrogen-bond acceptors (Lipinski definition) is 5. The van der Waals surface area contributed by atoms with Gasteiger partial charge in [-0.3, -0.25) is 9.78 Å². The van der Waals surface area contributed by atoms with Gasteiger partial charge in [0.2, 0.25) is 5.95 Å². The fourth-order valence-corrected chi connectivity index (χ4v) is 4.65. The molecule has 29 heavy (non-hydrogen) atoms. The van der Waals surface area contributed by atoms with Gasteiger partial charge in [0.15, 0.2) is 0 Å². The summed E-state index contributed by atoms with van der Waals surface area (Å²) in [7, 11) is 0. The van der Waals surface area contributed by atoms with Crippen molar-refractivity contribution in [2.45, 2.75) is 64.2 Å². The number of ether oxygens (including phenoxy) is 1. The van der Waals surface area contributed by atoms with E-state index < -0.39 is 0 Å². The molecule has 2 fully saturated rings. The molecule has 2 aliphatic heterocycles. The van der Waals surface area contributed by atoms with E-state index in [-0.39, 0.29) is 17.8 Å². The van der Waals surface area contributed by atoms with Crippen LogP contribution >= 0.6 is 0 Å². The molecule has 0 bridgehead atoms. The van der Waals surface area contributed by atoms with Crippen LogP contribution in [0.3, 0.4) is 0 Å². The Morgan fingerprint density at radius 1 is 1.10 bits per heavy atom. The summed E-state index contributed by atoms with van der Waals surface area (Å²) in [5.41, 5.74) is 1.25. The second kappa shape index (κ2) is 8.99. The standard InChI is InChI=1S/C23H32N4O2/c1-17-15-26(16-18(2)29-17)21-14-22(28)25-23(24-21)27-12-8-4-7-11-20(27)13-19-9-5-3-6-10-19/h3,5-6,9-10,14,17-18,20H,4,7-8,11-13,15-16H2,1-2H3,(H,24,25,28)/t17-,18-,20?/m0/s1. The molecule has 3 atom stereocenters. The number of nitrogens with zero attached hydrogens (tertiary/aromatic N) is 3. The fraction of sp³-hybridized carbons (Fsp3) is 0.565. The molecule has 6 heteroatoms. The average molecular weight is 397 g/mol. The molecule has 3 heterocycles. The molecule has 2 aromatic rings. The van der Waals surface area contributed by atoms with Gasteiger partial charge in [0.25, 0.3) is 5.56 Å². The minimum Gasteiger partial charge on any atom is -0.372 e. The summed E-state index contributed by atoms with van der Waals surface area (Å²) in [5, 5.41) is 0. The van der Waals surface area contributed by atoms with Crippen LogP contribution in [0.5, 0.6) is 0 Å². The second-order valence-electron chi connectivity index (χ2n) is 8.48. The first-order chi connectivity index (χ1) is 14.1. The van der Waals surface area contributed by atoms with Gasteiger partial charge in [0, 0.05) is 31.7 Å². The number of aromatic amines is 1. The molecular formula is C23H32N4O2. The number of rotatable bonds is 4. The molecule has 2 saturated heterocycles. The van der Waals surface area contributed by atoms with E-state index in [9.17, 15) is 4.79 Å². The number of hydrogen-bond donors (Lipinski definition) is 1. The highest BCUT2D eigenvalue weighted by Gasteiger charge is 2.27. The summed E-state index contributed by atoms with van der Waals surface area (Å²) < 4.78 is 5.85. The van der Waals surface area contributed by atoms with Crippen molar-refractivity contribution in [1.82, 2.24) is 9.97 Å². The van der Waals surface area contributed by atoms with Crippen LogP contribution < -0.4 is 15.4 Å². The Labute approximate surface area is 172 Å². The van der Waals surface area contributed by atoms with Gasteiger partial charge in [-0.1, -0.05) is 43.2 Å². The van der Waals surface area contributed by atoms with Crippen molar-refractivity contribution in [1.29, 1.82) is 0 Å². The SMILES string of the molecule is C[C@H]1CN(c2cc(=O)[nH]c(N3CCCCCC3Cc3ccccc3)n2)C[C@H](C)O1. The minimum absolute atomic E-state index is 0.0838. The van der Waals surface area contributed by atoms with E-state index in [0.717, 1.165) is 44.7 Å². The average Bonchev–Trinajstić information content (AvgIpc) is 2.93. The summed E-state index contributed by atoms with van der Waals surface area (Å²) in [4.78, 5) is 25.0. The predicted octanol–water partition coefficient (Wildman–Crippen LogP) is 3.38. The van der Waals surface area contributed by atoms with Gasteiger partial charge < -0.3 is 14.5 Å². The lowest BCUT2D eigenvalue weighted by molar-refractivity contribution is -0.00547. The Kier molecular flexibility index (Phi) is 6.19. The van der Waals surface area contributed by atoms with E-state index in [1.54, 1.807) is 6.07 Å². The fourth-order valence-electron chi connectivity index (χ4n) is 4.65. The normalized spacial score (nSPS) is 25.7. The summed E-state index contributed by atoms with van der Waals surface area (Å²) in [5.74, 6) is 1.47. The van der Waals surface area contributed by atoms with Crippen molar-refractivity contribution >= 4 is 11.8 Å². The van der Waals surface area contributed by atoms with E-state index in [2.05, 4.69) is 59.0 Å². The number of morpholine rings is 1. The predicted molar refractivity (Wildman–Crippen MR) is 117 cm³/mol. The lowest BCUT2D eigenvalue weighted by atomic mass is 10.0. The number of nitrogens with one attached hydrogen (secondary N) is 1. The maximum Gasteiger partial charge on any atom is 0.254 e. The Morgan fingerprint density at radius 2 is 1.86 bits per heavy atom. The summed E-state index contributed by atoms with van der Waals surface area (Å²) in [6.45, 7) is 6.59. The zero-order chi connectivity index (χ0) is 20.2. The van der Waals surface area contributed by atoms with Crippen molar-refractivity contribution in [3.05, 3.63) is 52.3 Å². The summed E-state index contributed by atoms with van der Waals surface area (Å²) >= 11 is 0. The highest BCUT2D eigenvalue weighted by molar-refractivity contribution is 5.45. The first-order valence-electron chi connectivity index (χ1n) is 10.9. The molecular weight excluding hydrogens is 364 g/mol. The molecule has 156 valence electrons. The monoisotopic (exact) mass is 396 g/mol. The maximum atomic E-state index is 12.5. The number of benzene rings is 1. The van der Waals surface area contributed by atoms with Gasteiger partial charge in [0.1, 0.15) is 5.82 Å². The van der Waals surface area contributed by atoms with Crippen LogP contribution in [0.25, 0.3) is 0 Å². The molecule has 1 aromatic carbocycles. The van der Waals surface area contributed by atoms with Gasteiger partial charge >= 0.3 is 0 Å². The highest BCUT2D eigenvalue weighted by atomic mass is 16.5. The third kappa shape index (κ3) is 4.99. The van der Waals surface area contributed by atoms with Crippen LogP contribution in [-0.4, -0.2) is 47.9 Å². The Bertz CT molecular complexity index is 843. The molecule has 2 aliphatic rings. The molecule has 1 unspecified atom stereocenters. The molecule has 0 spiro atoms. The number of H-pyrrole nitrogens is 1. The molecule has 0 radical (unpaired) electrons. The van der Waals surface area contributed by atoms with E-state index in [0.29, 0.717) is 12.0 Å². The maximum absolute atomic E-state index is 12.5. The van der Waals surface area contributed by atoms with Crippen molar-refractivity contribution < 1.29 is 4.74 Å². The largest absolute Gasteiger partial charge is 0.372 e. The molecule has 0 saturated carbocycles. The van der Waals surface area contributed by atoms with Crippen molar-refractivity contribution in [2.24, 2.45) is 0 Å². The summed E-state index contributed by atoms with van der Waals surface area (Å²) in [6, 6.07) is 12.6. The van der Waals surface area contributed by atoms with Crippen LogP contribution in [0.4, 0.5) is 11.8 Å². The summed E-state index contributed by atoms with van der Waals surface area (Å²) in [6.07, 6.45) is 5.93. The third-order valence-corrected chi connectivity index (χ3v) is 5.92. The van der Waals surface area contributed by atoms with Gasteiger partial charge in [-0.05, 0) is 38.7 Å². The molecule has 0 amide bonds. The zero-order valence-corrected chi connectivity index (χ0v) is 17.5. The third-order valence-electron chi connectivity index (χ3n) is 5.92. The van der Waals surface area contributed by atoms with Gasteiger partial charge in [-0.2, -0.15) is 4.98 Å². The number of anilines is 2. The van der Waals surface area contributed by atoms with E-state index in [1.807, 2.05) is 0 Å². The second-order valence-corrected chi connectivity index (χ2v) is 8.48. The van der Waals surface area contributed by atoms with Crippen LogP contribution in [0.2, 0.25) is 0 Å². The zero-order valence-electron chi connectivity index (χ0n) is 17.5. The Balaban J connectivity index is 1.62. The molecule has 0 aliphatic carbocycles. The molecule has 1 N–H and O–H groups in total.